The molecule has 0 radical (unpaired) electrons. The van der Waals surface area contributed by atoms with Gasteiger partial charge in [-0.2, -0.15) is 5.10 Å². The summed E-state index contributed by atoms with van der Waals surface area (Å²) in [6.45, 7) is 3.57. The summed E-state index contributed by atoms with van der Waals surface area (Å²) in [6.07, 6.45) is 0.484. The maximum Gasteiger partial charge on any atom is 0.255 e. The summed E-state index contributed by atoms with van der Waals surface area (Å²) in [5.74, 6) is 1.02. The average molecular weight is 411 g/mol. The Labute approximate surface area is 175 Å². The molecule has 0 saturated carbocycles. The number of benzene rings is 2. The molecule has 8 nitrogen and oxygen atoms in total. The molecule has 0 atom stereocenters. The van der Waals surface area contributed by atoms with Crippen molar-refractivity contribution < 1.29 is 23.8 Å². The first kappa shape index (κ1) is 21.2. The molecule has 0 bridgehead atoms. The molecule has 3 rings (SSSR count). The number of carbonyl (C=O) groups is 2. The molecule has 0 saturated heterocycles. The van der Waals surface area contributed by atoms with Gasteiger partial charge in [-0.25, -0.2) is 5.01 Å². The second kappa shape index (κ2) is 8.44. The highest BCUT2D eigenvalue weighted by Gasteiger charge is 2.39. The molecule has 0 fully saturated rings. The Morgan fingerprint density at radius 2 is 1.77 bits per heavy atom. The van der Waals surface area contributed by atoms with Gasteiger partial charge in [0.1, 0.15) is 5.75 Å². The first-order chi connectivity index (χ1) is 14.2. The Hall–Kier alpha value is -3.55. The normalized spacial score (nSPS) is 15.4. The van der Waals surface area contributed by atoms with Crippen molar-refractivity contribution in [2.75, 3.05) is 25.8 Å². The number of hydrogen-bond donors (Lipinski definition) is 1. The Kier molecular flexibility index (Phi) is 5.96. The predicted molar refractivity (Wildman–Crippen MR) is 113 cm³/mol. The van der Waals surface area contributed by atoms with Crippen LogP contribution in [0.25, 0.3) is 0 Å². The van der Waals surface area contributed by atoms with E-state index in [1.165, 1.54) is 5.01 Å². The summed E-state index contributed by atoms with van der Waals surface area (Å²) in [5.41, 5.74) is 6.65. The lowest BCUT2D eigenvalue weighted by Gasteiger charge is -2.34. The van der Waals surface area contributed by atoms with Crippen molar-refractivity contribution in [2.45, 2.75) is 20.3 Å². The second-order valence-corrected chi connectivity index (χ2v) is 7.54. The Morgan fingerprint density at radius 1 is 1.10 bits per heavy atom. The molecule has 2 aromatic carbocycles. The molecule has 8 heteroatoms. The lowest BCUT2D eigenvalue weighted by atomic mass is 9.82. The number of nitrogens with two attached hydrogens (primary N) is 1. The minimum atomic E-state index is -0.647. The molecule has 1 heterocycles. The molecular weight excluding hydrogens is 386 g/mol. The molecule has 0 aliphatic carbocycles. The zero-order valence-corrected chi connectivity index (χ0v) is 17.5. The summed E-state index contributed by atoms with van der Waals surface area (Å²) < 4.78 is 16.0. The number of nitrogens with zero attached hydrogens (tertiary/aromatic N) is 2. The molecule has 0 aromatic heterocycles. The van der Waals surface area contributed by atoms with Gasteiger partial charge in [-0.05, 0) is 42.5 Å². The third kappa shape index (κ3) is 4.37. The van der Waals surface area contributed by atoms with Crippen LogP contribution in [-0.4, -0.2) is 38.4 Å². The molecule has 0 spiro atoms. The highest BCUT2D eigenvalue weighted by molar-refractivity contribution is 6.11. The maximum absolute atomic E-state index is 13.0. The van der Waals surface area contributed by atoms with E-state index in [1.807, 2.05) is 32.0 Å². The van der Waals surface area contributed by atoms with E-state index in [9.17, 15) is 9.59 Å². The highest BCUT2D eigenvalue weighted by atomic mass is 16.5. The first-order valence-electron chi connectivity index (χ1n) is 9.41. The number of methoxy groups -OCH3 is 2. The topological polar surface area (TPSA) is 103 Å². The van der Waals surface area contributed by atoms with Gasteiger partial charge in [-0.15, -0.1) is 0 Å². The van der Waals surface area contributed by atoms with Gasteiger partial charge in [-0.3, -0.25) is 9.59 Å². The van der Waals surface area contributed by atoms with Crippen LogP contribution in [-0.2, 0) is 9.59 Å². The monoisotopic (exact) mass is 411 g/mol. The fourth-order valence-electron chi connectivity index (χ4n) is 3.17. The van der Waals surface area contributed by atoms with Crippen molar-refractivity contribution in [3.63, 3.8) is 0 Å². The van der Waals surface area contributed by atoms with E-state index in [2.05, 4.69) is 5.10 Å². The zero-order valence-electron chi connectivity index (χ0n) is 17.5. The molecule has 2 N–H and O–H groups in total. The number of amides is 2. The molecule has 2 amide bonds. The number of primary amides is 1. The van der Waals surface area contributed by atoms with Crippen molar-refractivity contribution in [1.82, 2.24) is 0 Å². The molecule has 1 aliphatic rings. The van der Waals surface area contributed by atoms with Gasteiger partial charge >= 0.3 is 0 Å². The fraction of sp³-hybridized carbons (Fsp3) is 0.318. The van der Waals surface area contributed by atoms with E-state index >= 15 is 0 Å². The molecule has 1 aliphatic heterocycles. The van der Waals surface area contributed by atoms with E-state index in [-0.39, 0.29) is 12.5 Å². The Bertz CT molecular complexity index is 983. The summed E-state index contributed by atoms with van der Waals surface area (Å²) in [7, 11) is 3.15. The van der Waals surface area contributed by atoms with Crippen LogP contribution in [0.1, 0.15) is 25.8 Å². The number of hydrogen-bond acceptors (Lipinski definition) is 6. The molecule has 0 unspecified atom stereocenters. The first-order valence-corrected chi connectivity index (χ1v) is 9.41. The van der Waals surface area contributed by atoms with Crippen LogP contribution in [0, 0.1) is 5.41 Å². The van der Waals surface area contributed by atoms with Crippen molar-refractivity contribution in [3.8, 4) is 17.2 Å². The third-order valence-electron chi connectivity index (χ3n) is 4.78. The smallest absolute Gasteiger partial charge is 0.255 e. The second-order valence-electron chi connectivity index (χ2n) is 7.54. The van der Waals surface area contributed by atoms with Gasteiger partial charge in [0.05, 0.1) is 31.0 Å². The number of hydrazone groups is 1. The molecule has 158 valence electrons. The van der Waals surface area contributed by atoms with Crippen molar-refractivity contribution in [1.29, 1.82) is 0 Å². The number of anilines is 1. The van der Waals surface area contributed by atoms with Crippen molar-refractivity contribution in [2.24, 2.45) is 16.3 Å². The summed E-state index contributed by atoms with van der Waals surface area (Å²) >= 11 is 0. The largest absolute Gasteiger partial charge is 0.493 e. The number of carbonyl (C=O) groups excluding carboxylic acids is 2. The average Bonchev–Trinajstić information content (AvgIpc) is 2.73. The van der Waals surface area contributed by atoms with Crippen LogP contribution in [0.2, 0.25) is 0 Å². The van der Waals surface area contributed by atoms with Gasteiger partial charge in [0.25, 0.3) is 11.8 Å². The Morgan fingerprint density at radius 3 is 2.37 bits per heavy atom. The zero-order chi connectivity index (χ0) is 21.9. The number of rotatable bonds is 7. The van der Waals surface area contributed by atoms with E-state index in [1.54, 1.807) is 38.5 Å². The van der Waals surface area contributed by atoms with Crippen LogP contribution < -0.4 is 25.0 Å². The quantitative estimate of drug-likeness (QED) is 0.755. The van der Waals surface area contributed by atoms with E-state index < -0.39 is 11.3 Å². The molecule has 30 heavy (non-hydrogen) atoms. The van der Waals surface area contributed by atoms with Crippen LogP contribution >= 0.6 is 0 Å². The molecule has 2 aromatic rings. The minimum absolute atomic E-state index is 0.113. The van der Waals surface area contributed by atoms with Crippen molar-refractivity contribution in [3.05, 3.63) is 48.0 Å². The summed E-state index contributed by atoms with van der Waals surface area (Å²) in [5, 5.41) is 6.02. The maximum atomic E-state index is 13.0. The van der Waals surface area contributed by atoms with Crippen LogP contribution in [0.5, 0.6) is 17.2 Å². The summed E-state index contributed by atoms with van der Waals surface area (Å²) in [6, 6.07) is 12.3. The lowest BCUT2D eigenvalue weighted by Crippen LogP contribution is -2.44. The van der Waals surface area contributed by atoms with E-state index in [4.69, 9.17) is 19.9 Å². The van der Waals surface area contributed by atoms with Gasteiger partial charge in [0.15, 0.2) is 18.1 Å². The van der Waals surface area contributed by atoms with Crippen LogP contribution in [0.3, 0.4) is 0 Å². The van der Waals surface area contributed by atoms with Gasteiger partial charge in [0, 0.05) is 12.0 Å². The predicted octanol–water partition coefficient (Wildman–Crippen LogP) is 2.74. The third-order valence-corrected chi connectivity index (χ3v) is 4.78. The van der Waals surface area contributed by atoms with Crippen LogP contribution in [0.15, 0.2) is 47.6 Å². The number of ether oxygens (including phenoxy) is 3. The van der Waals surface area contributed by atoms with Gasteiger partial charge in [0.2, 0.25) is 0 Å². The fourth-order valence-corrected chi connectivity index (χ4v) is 3.17. The SMILES string of the molecule is COc1ccc(C2=NN(c3ccc(OCC(N)=O)cc3)C(=O)C(C)(C)C2)cc1OC. The van der Waals surface area contributed by atoms with E-state index in [0.29, 0.717) is 29.4 Å². The minimum Gasteiger partial charge on any atom is -0.493 e. The van der Waals surface area contributed by atoms with Gasteiger partial charge < -0.3 is 19.9 Å². The summed E-state index contributed by atoms with van der Waals surface area (Å²) in [4.78, 5) is 23.9. The Balaban J connectivity index is 1.95. The lowest BCUT2D eigenvalue weighted by molar-refractivity contribution is -0.126. The van der Waals surface area contributed by atoms with Crippen LogP contribution in [0.4, 0.5) is 5.69 Å². The standard InChI is InChI=1S/C22H25N3O5/c1-22(2)12-17(14-5-10-18(28-3)19(11-14)29-4)24-25(21(22)27)15-6-8-16(9-7-15)30-13-20(23)26/h5-11H,12-13H2,1-4H3,(H2,23,26). The van der Waals surface area contributed by atoms with E-state index in [0.717, 1.165) is 11.3 Å². The molecular formula is C22H25N3O5. The highest BCUT2D eigenvalue weighted by Crippen LogP contribution is 2.36. The van der Waals surface area contributed by atoms with Gasteiger partial charge in [-0.1, -0.05) is 13.8 Å². The van der Waals surface area contributed by atoms with Crippen molar-refractivity contribution >= 4 is 23.2 Å².